The van der Waals surface area contributed by atoms with Gasteiger partial charge in [0.2, 0.25) is 0 Å². The number of carbonyl (C=O) groups excluding carboxylic acids is 1. The first-order valence-electron chi connectivity index (χ1n) is 17.7. The van der Waals surface area contributed by atoms with Crippen molar-refractivity contribution < 1.29 is 66.4 Å². The van der Waals surface area contributed by atoms with Crippen LogP contribution in [-0.2, 0) is 66.4 Å². The molecule has 0 aromatic carbocycles. The third-order valence-electron chi connectivity index (χ3n) is 5.90. The highest BCUT2D eigenvalue weighted by Crippen LogP contribution is 2.06. The fourth-order valence-electron chi connectivity index (χ4n) is 3.60. The molecule has 0 aliphatic rings. The Morgan fingerprint density at radius 1 is 0.367 bits per heavy atom. The van der Waals surface area contributed by atoms with Crippen LogP contribution < -0.4 is 0 Å². The van der Waals surface area contributed by atoms with Gasteiger partial charge in [-0.1, -0.05) is 12.8 Å². The van der Waals surface area contributed by atoms with Crippen molar-refractivity contribution in [1.29, 1.82) is 0 Å². The summed E-state index contributed by atoms with van der Waals surface area (Å²) in [6.45, 7) is 17.0. The van der Waals surface area contributed by atoms with Gasteiger partial charge in [-0.25, -0.2) is 4.79 Å². The number of carbonyl (C=O) groups is 1. The highest BCUT2D eigenvalue weighted by atomic mass is 35.5. The van der Waals surface area contributed by atoms with Gasteiger partial charge in [-0.2, -0.15) is 0 Å². The topological polar surface area (TPSA) is 137 Å². The van der Waals surface area contributed by atoms with E-state index in [1.54, 1.807) is 0 Å². The molecule has 0 bridgehead atoms. The second-order valence-corrected chi connectivity index (χ2v) is 11.9. The van der Waals surface area contributed by atoms with Crippen LogP contribution in [0.2, 0.25) is 0 Å². The minimum Gasteiger partial charge on any atom is -0.458 e. The van der Waals surface area contributed by atoms with Gasteiger partial charge >= 0.3 is 5.97 Å². The average molecular weight is 735 g/mol. The van der Waals surface area contributed by atoms with Gasteiger partial charge in [0.1, 0.15) is 12.2 Å². The van der Waals surface area contributed by atoms with E-state index in [9.17, 15) is 4.79 Å². The Bertz CT molecular complexity index is 657. The van der Waals surface area contributed by atoms with Crippen LogP contribution in [0.15, 0.2) is 0 Å². The molecule has 294 valence electrons. The molecule has 0 N–H and O–H groups in total. The molecule has 15 heteroatoms. The Hall–Kier alpha value is -0.720. The molecule has 0 radical (unpaired) electrons. The zero-order valence-corrected chi connectivity index (χ0v) is 31.4. The molecule has 0 aliphatic carbocycles. The van der Waals surface area contributed by atoms with Crippen LogP contribution in [0.25, 0.3) is 0 Å². The van der Waals surface area contributed by atoms with Gasteiger partial charge < -0.3 is 61.6 Å². The number of unbranched alkanes of at least 4 members (excludes halogenated alkanes) is 3. The first-order valence-corrected chi connectivity index (χ1v) is 18.2. The molecule has 0 aromatic heterocycles. The van der Waals surface area contributed by atoms with Crippen molar-refractivity contribution in [3.05, 3.63) is 0 Å². The summed E-state index contributed by atoms with van der Waals surface area (Å²) in [5.74, 6) is 0.353. The quantitative estimate of drug-likeness (QED) is 0.0516. The highest BCUT2D eigenvalue weighted by molar-refractivity contribution is 6.17. The van der Waals surface area contributed by atoms with Gasteiger partial charge in [-0.05, 0) is 33.6 Å². The molecule has 0 unspecified atom stereocenters. The van der Waals surface area contributed by atoms with Gasteiger partial charge in [0.25, 0.3) is 0 Å². The number of hydrogen-bond donors (Lipinski definition) is 0. The molecule has 0 atom stereocenters. The number of esters is 1. The Morgan fingerprint density at radius 3 is 0.878 bits per heavy atom. The van der Waals surface area contributed by atoms with Crippen LogP contribution >= 0.6 is 11.6 Å². The maximum atomic E-state index is 11.5. The van der Waals surface area contributed by atoms with Crippen LogP contribution in [0.1, 0.15) is 46.5 Å². The Labute approximate surface area is 300 Å². The van der Waals surface area contributed by atoms with Crippen molar-refractivity contribution in [2.75, 3.05) is 164 Å². The second kappa shape index (κ2) is 40.1. The van der Waals surface area contributed by atoms with Gasteiger partial charge in [0.15, 0.2) is 0 Å². The van der Waals surface area contributed by atoms with E-state index in [1.165, 1.54) is 6.42 Å². The molecule has 0 aliphatic heterocycles. The van der Waals surface area contributed by atoms with E-state index in [0.29, 0.717) is 145 Å². The predicted molar refractivity (Wildman–Crippen MR) is 185 cm³/mol. The first kappa shape index (κ1) is 48.3. The number of alkyl halides is 1. The fraction of sp³-hybridized carbons (Fsp3) is 0.971. The van der Waals surface area contributed by atoms with E-state index in [0.717, 1.165) is 31.7 Å². The smallest absolute Gasteiger partial charge is 0.332 e. The molecular formula is C34H67ClO14. The number of hydrogen-bond acceptors (Lipinski definition) is 14. The van der Waals surface area contributed by atoms with Gasteiger partial charge in [0, 0.05) is 12.5 Å². The summed E-state index contributed by atoms with van der Waals surface area (Å²) in [4.78, 5) is 11.5. The van der Waals surface area contributed by atoms with E-state index in [1.807, 2.05) is 20.8 Å². The van der Waals surface area contributed by atoms with E-state index in [4.69, 9.17) is 73.2 Å². The lowest BCUT2D eigenvalue weighted by Gasteiger charge is -2.19. The molecule has 0 saturated heterocycles. The Morgan fingerprint density at radius 2 is 0.612 bits per heavy atom. The van der Waals surface area contributed by atoms with E-state index in [2.05, 4.69) is 0 Å². The largest absolute Gasteiger partial charge is 0.458 e. The molecule has 0 rings (SSSR count). The minimum atomic E-state index is -0.511. The van der Waals surface area contributed by atoms with Crippen LogP contribution in [0.3, 0.4) is 0 Å². The lowest BCUT2D eigenvalue weighted by atomic mass is 10.2. The normalized spacial score (nSPS) is 11.8. The maximum absolute atomic E-state index is 11.5. The summed E-state index contributed by atoms with van der Waals surface area (Å²) in [5, 5.41) is 0. The summed E-state index contributed by atoms with van der Waals surface area (Å²) in [5.41, 5.74) is -0.511. The molecular weight excluding hydrogens is 668 g/mol. The van der Waals surface area contributed by atoms with Crippen molar-refractivity contribution in [3.8, 4) is 0 Å². The molecule has 0 heterocycles. The third kappa shape index (κ3) is 45.3. The van der Waals surface area contributed by atoms with E-state index < -0.39 is 5.60 Å². The first-order chi connectivity index (χ1) is 24.0. The number of halogens is 1. The van der Waals surface area contributed by atoms with Crippen LogP contribution in [0.4, 0.5) is 0 Å². The second-order valence-electron chi connectivity index (χ2n) is 11.5. The lowest BCUT2D eigenvalue weighted by Crippen LogP contribution is -2.27. The fourth-order valence-corrected chi connectivity index (χ4v) is 3.79. The van der Waals surface area contributed by atoms with Gasteiger partial charge in [-0.3, -0.25) is 0 Å². The summed E-state index contributed by atoms with van der Waals surface area (Å²) in [6, 6.07) is 0. The van der Waals surface area contributed by atoms with Crippen molar-refractivity contribution in [1.82, 2.24) is 0 Å². The van der Waals surface area contributed by atoms with E-state index >= 15 is 0 Å². The third-order valence-corrected chi connectivity index (χ3v) is 6.17. The van der Waals surface area contributed by atoms with Crippen molar-refractivity contribution in [3.63, 3.8) is 0 Å². The summed E-state index contributed by atoms with van der Waals surface area (Å²) in [7, 11) is 0. The Balaban J connectivity index is 3.09. The molecule has 0 amide bonds. The highest BCUT2D eigenvalue weighted by Gasteiger charge is 2.15. The molecule has 0 fully saturated rings. The Kier molecular flexibility index (Phi) is 39.5. The van der Waals surface area contributed by atoms with Crippen molar-refractivity contribution in [2.24, 2.45) is 0 Å². The zero-order valence-electron chi connectivity index (χ0n) is 30.6. The monoisotopic (exact) mass is 734 g/mol. The summed E-state index contributed by atoms with van der Waals surface area (Å²) < 4.78 is 70.5. The average Bonchev–Trinajstić information content (AvgIpc) is 3.06. The maximum Gasteiger partial charge on any atom is 0.332 e. The molecule has 0 spiro atoms. The van der Waals surface area contributed by atoms with Crippen molar-refractivity contribution >= 4 is 17.6 Å². The van der Waals surface area contributed by atoms with Crippen LogP contribution in [0, 0.1) is 0 Å². The predicted octanol–water partition coefficient (Wildman–Crippen LogP) is 3.33. The zero-order chi connectivity index (χ0) is 35.8. The number of ether oxygens (including phenoxy) is 13. The van der Waals surface area contributed by atoms with Crippen LogP contribution in [0.5, 0.6) is 0 Å². The van der Waals surface area contributed by atoms with Crippen molar-refractivity contribution in [2.45, 2.75) is 52.1 Å². The summed E-state index contributed by atoms with van der Waals surface area (Å²) in [6.07, 6.45) is 4.48. The van der Waals surface area contributed by atoms with E-state index in [-0.39, 0.29) is 12.6 Å². The lowest BCUT2D eigenvalue weighted by molar-refractivity contribution is -0.160. The number of rotatable bonds is 41. The molecule has 49 heavy (non-hydrogen) atoms. The van der Waals surface area contributed by atoms with Crippen LogP contribution in [-0.4, -0.2) is 176 Å². The SMILES string of the molecule is CC(C)(C)OC(=O)COCCOCCOCCOCCOCCOCCOCCOCCOCCOCCOCCOCCCCCCCl. The molecule has 0 aromatic rings. The summed E-state index contributed by atoms with van der Waals surface area (Å²) >= 11 is 5.65. The van der Waals surface area contributed by atoms with Gasteiger partial charge in [0.05, 0.1) is 145 Å². The molecule has 0 saturated carbocycles. The minimum absolute atomic E-state index is 0.0835. The van der Waals surface area contributed by atoms with Gasteiger partial charge in [-0.15, -0.1) is 11.6 Å². The standard InChI is InChI=1S/C34H67ClO14/c1-34(2,3)49-33(36)32-48-31-30-47-29-28-46-27-26-45-25-24-44-23-22-43-21-20-42-19-18-41-17-16-40-15-14-39-13-12-38-11-10-37-9-7-5-4-6-8-35/h4-32H2,1-3H3. The molecule has 14 nitrogen and oxygen atoms in total.